The Bertz CT molecular complexity index is 1310. The van der Waals surface area contributed by atoms with Crippen LogP contribution in [0.5, 0.6) is 11.5 Å². The average molecular weight is 553 g/mol. The first-order valence-electron chi connectivity index (χ1n) is 13.8. The summed E-state index contributed by atoms with van der Waals surface area (Å²) in [6, 6.07) is 14.1. The second-order valence-electron chi connectivity index (χ2n) is 10.2. The van der Waals surface area contributed by atoms with Crippen LogP contribution in [0.25, 0.3) is 11.1 Å². The molecule has 0 heterocycles. The lowest BCUT2D eigenvalue weighted by atomic mass is 9.78. The smallest absolute Gasteiger partial charge is 0.314 e. The maximum absolute atomic E-state index is 14.9. The predicted molar refractivity (Wildman–Crippen MR) is 149 cm³/mol. The van der Waals surface area contributed by atoms with Crippen molar-refractivity contribution in [1.29, 1.82) is 0 Å². The summed E-state index contributed by atoms with van der Waals surface area (Å²) in [6.07, 6.45) is 5.29. The van der Waals surface area contributed by atoms with Crippen molar-refractivity contribution in [2.24, 2.45) is 5.92 Å². The van der Waals surface area contributed by atoms with E-state index in [9.17, 15) is 23.1 Å². The van der Waals surface area contributed by atoms with Crippen molar-refractivity contribution in [2.75, 3.05) is 6.61 Å². The van der Waals surface area contributed by atoms with Crippen molar-refractivity contribution in [3.63, 3.8) is 0 Å². The Morgan fingerprint density at radius 3 is 2.40 bits per heavy atom. The molecular weight excluding hydrogens is 517 g/mol. The second kappa shape index (κ2) is 13.7. The van der Waals surface area contributed by atoms with Gasteiger partial charge in [-0.05, 0) is 79.3 Å². The summed E-state index contributed by atoms with van der Waals surface area (Å²) in [5.41, 5.74) is 1.77. The van der Waals surface area contributed by atoms with Crippen LogP contribution in [0.4, 0.5) is 13.2 Å². The predicted octanol–water partition coefficient (Wildman–Crippen LogP) is 8.44. The molecule has 0 radical (unpaired) electrons. The van der Waals surface area contributed by atoms with Crippen LogP contribution < -0.4 is 9.47 Å². The van der Waals surface area contributed by atoms with Gasteiger partial charge >= 0.3 is 5.97 Å². The number of ether oxygens (including phenoxy) is 2. The van der Waals surface area contributed by atoms with Crippen molar-refractivity contribution < 1.29 is 32.5 Å². The molecule has 1 aliphatic carbocycles. The minimum atomic E-state index is -1.23. The lowest BCUT2D eigenvalue weighted by Crippen LogP contribution is -2.25. The summed E-state index contributed by atoms with van der Waals surface area (Å²) >= 11 is 0. The maximum atomic E-state index is 14.9. The third-order valence-electron chi connectivity index (χ3n) is 7.49. The average Bonchev–Trinajstić information content (AvgIpc) is 2.96. The fourth-order valence-electron chi connectivity index (χ4n) is 5.18. The van der Waals surface area contributed by atoms with Crippen LogP contribution in [-0.4, -0.2) is 17.7 Å². The van der Waals surface area contributed by atoms with Gasteiger partial charge in [-0.25, -0.2) is 8.78 Å². The number of benzene rings is 3. The number of aliphatic hydroxyl groups excluding tert-OH is 1. The standard InChI is InChI=1S/C33H35F3O4/c1-3-5-19-39-25-15-16-26(28(34)20-25)21-9-13-24(14-10-21)33(38)40-30-18-17-27(31(35)32(30)36)22-7-11-23(12-8-22)29(37)6-4-2/h3,7-8,11-12,15-18,20-21,24,29,37H,1,4-6,9-10,13-14,19H2,2H3. The molecule has 1 saturated carbocycles. The number of hydrogen-bond acceptors (Lipinski definition) is 4. The van der Waals surface area contributed by atoms with Crippen LogP contribution in [0.2, 0.25) is 0 Å². The highest BCUT2D eigenvalue weighted by Crippen LogP contribution is 2.39. The molecule has 0 aliphatic heterocycles. The third-order valence-corrected chi connectivity index (χ3v) is 7.49. The molecular formula is C33H35F3O4. The topological polar surface area (TPSA) is 55.8 Å². The van der Waals surface area contributed by atoms with Crippen LogP contribution in [0.1, 0.15) is 75.0 Å². The molecule has 7 heteroatoms. The van der Waals surface area contributed by atoms with Crippen molar-refractivity contribution in [1.82, 2.24) is 0 Å². The first kappa shape index (κ1) is 29.4. The van der Waals surface area contributed by atoms with E-state index in [2.05, 4.69) is 6.58 Å². The fraction of sp³-hybridized carbons (Fsp3) is 0.364. The summed E-state index contributed by atoms with van der Waals surface area (Å²) < 4.78 is 55.4. The molecule has 0 spiro atoms. The molecule has 1 fully saturated rings. The molecule has 4 rings (SSSR count). The van der Waals surface area contributed by atoms with E-state index in [-0.39, 0.29) is 17.3 Å². The van der Waals surface area contributed by atoms with Gasteiger partial charge in [-0.15, -0.1) is 6.58 Å². The van der Waals surface area contributed by atoms with Gasteiger partial charge in [0.2, 0.25) is 5.82 Å². The maximum Gasteiger partial charge on any atom is 0.314 e. The van der Waals surface area contributed by atoms with Crippen LogP contribution in [0.15, 0.2) is 67.3 Å². The van der Waals surface area contributed by atoms with Gasteiger partial charge in [0.1, 0.15) is 11.6 Å². The number of aliphatic hydroxyl groups is 1. The van der Waals surface area contributed by atoms with E-state index in [1.165, 1.54) is 18.2 Å². The molecule has 3 aromatic carbocycles. The number of esters is 1. The van der Waals surface area contributed by atoms with E-state index in [0.717, 1.165) is 6.42 Å². The van der Waals surface area contributed by atoms with E-state index < -0.39 is 35.4 Å². The molecule has 0 aromatic heterocycles. The van der Waals surface area contributed by atoms with E-state index in [4.69, 9.17) is 9.47 Å². The summed E-state index contributed by atoms with van der Waals surface area (Å²) in [4.78, 5) is 12.8. The largest absolute Gasteiger partial charge is 0.493 e. The zero-order valence-electron chi connectivity index (χ0n) is 22.7. The van der Waals surface area contributed by atoms with Crippen LogP contribution in [-0.2, 0) is 4.79 Å². The van der Waals surface area contributed by atoms with Crippen LogP contribution in [0.3, 0.4) is 0 Å². The Morgan fingerprint density at radius 2 is 1.75 bits per heavy atom. The highest BCUT2D eigenvalue weighted by Gasteiger charge is 2.30. The zero-order valence-corrected chi connectivity index (χ0v) is 22.7. The molecule has 1 unspecified atom stereocenters. The molecule has 1 N–H and O–H groups in total. The monoisotopic (exact) mass is 552 g/mol. The third kappa shape index (κ3) is 6.94. The van der Waals surface area contributed by atoms with Gasteiger partial charge in [-0.2, -0.15) is 4.39 Å². The SMILES string of the molecule is C=CCCOc1ccc(C2CCC(C(=O)Oc3ccc(-c4ccc(C(O)CCC)cc4)c(F)c3F)CC2)c(F)c1. The number of carbonyl (C=O) groups excluding carboxylic acids is 1. The Balaban J connectivity index is 1.36. The van der Waals surface area contributed by atoms with Crippen LogP contribution in [0, 0.1) is 23.4 Å². The Labute approximate surface area is 233 Å². The molecule has 0 amide bonds. The fourth-order valence-corrected chi connectivity index (χ4v) is 5.18. The van der Waals surface area contributed by atoms with Gasteiger partial charge in [0, 0.05) is 11.6 Å². The lowest BCUT2D eigenvalue weighted by molar-refractivity contribution is -0.140. The highest BCUT2D eigenvalue weighted by molar-refractivity contribution is 5.76. The van der Waals surface area contributed by atoms with Gasteiger partial charge in [-0.1, -0.05) is 49.8 Å². The molecule has 40 heavy (non-hydrogen) atoms. The number of rotatable bonds is 11. The molecule has 0 bridgehead atoms. The summed E-state index contributed by atoms with van der Waals surface area (Å²) in [7, 11) is 0. The minimum Gasteiger partial charge on any atom is -0.493 e. The quantitative estimate of drug-likeness (QED) is 0.112. The first-order valence-corrected chi connectivity index (χ1v) is 13.8. The molecule has 1 aliphatic rings. The van der Waals surface area contributed by atoms with Crippen molar-refractivity contribution >= 4 is 5.97 Å². The molecule has 4 nitrogen and oxygen atoms in total. The van der Waals surface area contributed by atoms with Gasteiger partial charge in [0.15, 0.2) is 11.6 Å². The summed E-state index contributed by atoms with van der Waals surface area (Å²) in [5.74, 6) is -3.82. The van der Waals surface area contributed by atoms with Crippen molar-refractivity contribution in [2.45, 2.75) is 63.9 Å². The summed E-state index contributed by atoms with van der Waals surface area (Å²) in [6.45, 7) is 6.03. The summed E-state index contributed by atoms with van der Waals surface area (Å²) in [5, 5.41) is 10.1. The number of hydrogen-bond donors (Lipinski definition) is 1. The Morgan fingerprint density at radius 1 is 1.02 bits per heavy atom. The Hall–Kier alpha value is -3.58. The minimum absolute atomic E-state index is 0.0356. The van der Waals surface area contributed by atoms with Gasteiger partial charge in [0.05, 0.1) is 18.6 Å². The van der Waals surface area contributed by atoms with Crippen molar-refractivity contribution in [3.8, 4) is 22.6 Å². The molecule has 3 aromatic rings. The van der Waals surface area contributed by atoms with Gasteiger partial charge < -0.3 is 14.6 Å². The Kier molecular flexibility index (Phi) is 10.0. The number of carbonyl (C=O) groups is 1. The number of halogens is 3. The van der Waals surface area contributed by atoms with E-state index in [1.807, 2.05) is 6.92 Å². The zero-order chi connectivity index (χ0) is 28.6. The normalized spacial score (nSPS) is 17.7. The molecule has 212 valence electrons. The van der Waals surface area contributed by atoms with E-state index >= 15 is 0 Å². The lowest BCUT2D eigenvalue weighted by Gasteiger charge is -2.28. The highest BCUT2D eigenvalue weighted by atomic mass is 19.2. The second-order valence-corrected chi connectivity index (χ2v) is 10.2. The van der Waals surface area contributed by atoms with Gasteiger partial charge in [-0.3, -0.25) is 4.79 Å². The van der Waals surface area contributed by atoms with Crippen molar-refractivity contribution in [3.05, 3.63) is 95.8 Å². The first-order chi connectivity index (χ1) is 19.3. The van der Waals surface area contributed by atoms with Crippen LogP contribution >= 0.6 is 0 Å². The molecule has 1 atom stereocenters. The van der Waals surface area contributed by atoms with Gasteiger partial charge in [0.25, 0.3) is 0 Å². The van der Waals surface area contributed by atoms with E-state index in [0.29, 0.717) is 67.6 Å². The van der Waals surface area contributed by atoms with E-state index in [1.54, 1.807) is 42.5 Å². The molecule has 0 saturated heterocycles.